The molecule has 0 spiro atoms. The number of carbonyl (C=O) groups is 1. The van der Waals surface area contributed by atoms with E-state index in [1.54, 1.807) is 31.6 Å². The molecule has 0 aliphatic heterocycles. The van der Waals surface area contributed by atoms with Gasteiger partial charge in [-0.05, 0) is 30.2 Å². The molecule has 1 aromatic carbocycles. The number of rotatable bonds is 5. The Bertz CT molecular complexity index is 670. The van der Waals surface area contributed by atoms with Gasteiger partial charge >= 0.3 is 0 Å². The molecule has 120 valence electrons. The molecule has 0 radical (unpaired) electrons. The van der Waals surface area contributed by atoms with Gasteiger partial charge in [-0.3, -0.25) is 14.8 Å². The highest BCUT2D eigenvalue weighted by molar-refractivity contribution is 5.94. The molecule has 1 heterocycles. The summed E-state index contributed by atoms with van der Waals surface area (Å²) in [4.78, 5) is 19.9. The summed E-state index contributed by atoms with van der Waals surface area (Å²) in [6, 6.07) is 11.7. The van der Waals surface area contributed by atoms with E-state index in [4.69, 9.17) is 0 Å². The lowest BCUT2D eigenvalue weighted by molar-refractivity contribution is -0.115. The van der Waals surface area contributed by atoms with E-state index in [9.17, 15) is 4.79 Å². The molecule has 6 heteroatoms. The summed E-state index contributed by atoms with van der Waals surface area (Å²) in [6.07, 6.45) is 3.26. The van der Waals surface area contributed by atoms with Gasteiger partial charge in [0.25, 0.3) is 0 Å². The molecule has 0 aliphatic carbocycles. The van der Waals surface area contributed by atoms with E-state index in [-0.39, 0.29) is 12.5 Å². The number of guanidine groups is 1. The fourth-order valence-electron chi connectivity index (χ4n) is 2.01. The van der Waals surface area contributed by atoms with Gasteiger partial charge < -0.3 is 16.0 Å². The average Bonchev–Trinajstić information content (AvgIpc) is 2.57. The molecular weight excluding hydrogens is 290 g/mol. The van der Waals surface area contributed by atoms with Gasteiger partial charge in [0.2, 0.25) is 5.91 Å². The number of nitrogens with zero attached hydrogens (tertiary/aromatic N) is 2. The number of aliphatic imine (C=N–C) groups is 1. The molecule has 0 saturated heterocycles. The molecule has 0 fully saturated rings. The molecule has 23 heavy (non-hydrogen) atoms. The minimum Gasteiger partial charge on any atom is -0.352 e. The molecule has 6 nitrogen and oxygen atoms in total. The first kappa shape index (κ1) is 16.5. The highest BCUT2D eigenvalue weighted by atomic mass is 16.1. The molecule has 2 aromatic rings. The first-order chi connectivity index (χ1) is 11.2. The van der Waals surface area contributed by atoms with Crippen LogP contribution in [0.25, 0.3) is 0 Å². The minimum atomic E-state index is -0.156. The van der Waals surface area contributed by atoms with Crippen molar-refractivity contribution in [3.63, 3.8) is 0 Å². The van der Waals surface area contributed by atoms with Crippen molar-refractivity contribution in [3.8, 4) is 0 Å². The Balaban J connectivity index is 1.79. The highest BCUT2D eigenvalue weighted by Gasteiger charge is 2.05. The molecule has 0 atom stereocenters. The number of aryl methyl sites for hydroxylation is 1. The van der Waals surface area contributed by atoms with Crippen LogP contribution in [-0.2, 0) is 11.3 Å². The Labute approximate surface area is 136 Å². The van der Waals surface area contributed by atoms with Gasteiger partial charge in [-0.15, -0.1) is 0 Å². The van der Waals surface area contributed by atoms with E-state index >= 15 is 0 Å². The van der Waals surface area contributed by atoms with E-state index in [0.29, 0.717) is 18.2 Å². The largest absolute Gasteiger partial charge is 0.352 e. The lowest BCUT2D eigenvalue weighted by Gasteiger charge is -2.13. The Morgan fingerprint density at radius 3 is 2.70 bits per heavy atom. The SMILES string of the molecule is CN=C(NCC(=O)Nc1cccnc1)NCc1ccccc1C. The average molecular weight is 311 g/mol. The van der Waals surface area contributed by atoms with Crippen LogP contribution in [0.1, 0.15) is 11.1 Å². The summed E-state index contributed by atoms with van der Waals surface area (Å²) in [5.74, 6) is 0.423. The molecule has 2 rings (SSSR count). The molecule has 1 aromatic heterocycles. The number of hydrogen-bond acceptors (Lipinski definition) is 3. The van der Waals surface area contributed by atoms with E-state index in [1.807, 2.05) is 12.1 Å². The number of amides is 1. The van der Waals surface area contributed by atoms with Gasteiger partial charge in [0.15, 0.2) is 5.96 Å². The summed E-state index contributed by atoms with van der Waals surface area (Å²) >= 11 is 0. The molecule has 3 N–H and O–H groups in total. The van der Waals surface area contributed by atoms with Crippen molar-refractivity contribution in [2.24, 2.45) is 4.99 Å². The van der Waals surface area contributed by atoms with Crippen molar-refractivity contribution in [1.82, 2.24) is 15.6 Å². The third-order valence-corrected chi connectivity index (χ3v) is 3.29. The monoisotopic (exact) mass is 311 g/mol. The number of nitrogens with one attached hydrogen (secondary N) is 3. The molecule has 0 saturated carbocycles. The summed E-state index contributed by atoms with van der Waals surface area (Å²) in [7, 11) is 1.67. The predicted molar refractivity (Wildman–Crippen MR) is 92.2 cm³/mol. The number of anilines is 1. The van der Waals surface area contributed by atoms with Crippen LogP contribution in [0.15, 0.2) is 53.8 Å². The molecule has 0 bridgehead atoms. The number of carbonyl (C=O) groups excluding carboxylic acids is 1. The second kappa shape index (κ2) is 8.53. The van der Waals surface area contributed by atoms with Gasteiger partial charge in [0, 0.05) is 19.8 Å². The van der Waals surface area contributed by atoms with Gasteiger partial charge in [-0.1, -0.05) is 24.3 Å². The van der Waals surface area contributed by atoms with Crippen molar-refractivity contribution in [3.05, 3.63) is 59.9 Å². The van der Waals surface area contributed by atoms with Crippen LogP contribution in [-0.4, -0.2) is 30.4 Å². The summed E-state index contributed by atoms with van der Waals surface area (Å²) in [5, 5.41) is 8.94. The van der Waals surface area contributed by atoms with E-state index in [1.165, 1.54) is 11.1 Å². The predicted octanol–water partition coefficient (Wildman–Crippen LogP) is 1.69. The third kappa shape index (κ3) is 5.43. The van der Waals surface area contributed by atoms with Crippen LogP contribution in [0, 0.1) is 6.92 Å². The second-order valence-electron chi connectivity index (χ2n) is 5.00. The first-order valence-corrected chi connectivity index (χ1v) is 7.38. The molecule has 0 aliphatic rings. The van der Waals surface area contributed by atoms with Gasteiger partial charge in [0.05, 0.1) is 18.4 Å². The van der Waals surface area contributed by atoms with Crippen LogP contribution in [0.2, 0.25) is 0 Å². The zero-order chi connectivity index (χ0) is 16.5. The van der Waals surface area contributed by atoms with E-state index < -0.39 is 0 Å². The number of hydrogen-bond donors (Lipinski definition) is 3. The fourth-order valence-corrected chi connectivity index (χ4v) is 2.01. The maximum absolute atomic E-state index is 11.9. The summed E-state index contributed by atoms with van der Waals surface area (Å²) < 4.78 is 0. The zero-order valence-electron chi connectivity index (χ0n) is 13.3. The minimum absolute atomic E-state index is 0.127. The van der Waals surface area contributed by atoms with Crippen molar-refractivity contribution in [2.45, 2.75) is 13.5 Å². The summed E-state index contributed by atoms with van der Waals surface area (Å²) in [5.41, 5.74) is 3.07. The zero-order valence-corrected chi connectivity index (χ0v) is 13.3. The topological polar surface area (TPSA) is 78.4 Å². The lowest BCUT2D eigenvalue weighted by atomic mass is 10.1. The Kier molecular flexibility index (Phi) is 6.11. The molecule has 0 unspecified atom stereocenters. The van der Waals surface area contributed by atoms with Crippen molar-refractivity contribution in [2.75, 3.05) is 18.9 Å². The van der Waals surface area contributed by atoms with Crippen LogP contribution < -0.4 is 16.0 Å². The van der Waals surface area contributed by atoms with Crippen molar-refractivity contribution < 1.29 is 4.79 Å². The van der Waals surface area contributed by atoms with E-state index in [0.717, 1.165) is 0 Å². The van der Waals surface area contributed by atoms with Crippen LogP contribution in [0.5, 0.6) is 0 Å². The number of aromatic nitrogens is 1. The molecule has 1 amide bonds. The number of benzene rings is 1. The quantitative estimate of drug-likeness (QED) is 0.580. The maximum Gasteiger partial charge on any atom is 0.243 e. The molecular formula is C17H21N5O. The maximum atomic E-state index is 11.9. The fraction of sp³-hybridized carbons (Fsp3) is 0.235. The number of pyridine rings is 1. The Morgan fingerprint density at radius 1 is 1.17 bits per heavy atom. The van der Waals surface area contributed by atoms with Gasteiger partial charge in [-0.2, -0.15) is 0 Å². The van der Waals surface area contributed by atoms with Crippen LogP contribution in [0.3, 0.4) is 0 Å². The highest BCUT2D eigenvalue weighted by Crippen LogP contribution is 2.05. The van der Waals surface area contributed by atoms with Gasteiger partial charge in [-0.25, -0.2) is 0 Å². The standard InChI is InChI=1S/C17H21N5O/c1-13-6-3-4-7-14(13)10-20-17(18-2)21-12-16(23)22-15-8-5-9-19-11-15/h3-9,11H,10,12H2,1-2H3,(H,22,23)(H2,18,20,21). The van der Waals surface area contributed by atoms with Gasteiger partial charge in [0.1, 0.15) is 0 Å². The van der Waals surface area contributed by atoms with Crippen molar-refractivity contribution in [1.29, 1.82) is 0 Å². The van der Waals surface area contributed by atoms with Crippen molar-refractivity contribution >= 4 is 17.6 Å². The smallest absolute Gasteiger partial charge is 0.243 e. The Morgan fingerprint density at radius 2 is 2.00 bits per heavy atom. The normalized spacial score (nSPS) is 11.0. The summed E-state index contributed by atoms with van der Waals surface area (Å²) in [6.45, 7) is 2.84. The lowest BCUT2D eigenvalue weighted by Crippen LogP contribution is -2.41. The van der Waals surface area contributed by atoms with E-state index in [2.05, 4.69) is 45.0 Å². The first-order valence-electron chi connectivity index (χ1n) is 7.38. The van der Waals surface area contributed by atoms with Crippen LogP contribution in [0.4, 0.5) is 5.69 Å². The Hall–Kier alpha value is -2.89. The third-order valence-electron chi connectivity index (χ3n) is 3.29. The second-order valence-corrected chi connectivity index (χ2v) is 5.00. The van der Waals surface area contributed by atoms with Crippen LogP contribution >= 0.6 is 0 Å².